The first-order valence-electron chi connectivity index (χ1n) is 11.5. The van der Waals surface area contributed by atoms with Crippen molar-refractivity contribution in [3.05, 3.63) is 34.9 Å². The van der Waals surface area contributed by atoms with Crippen LogP contribution in [0.1, 0.15) is 61.0 Å². The zero-order chi connectivity index (χ0) is 24.3. The van der Waals surface area contributed by atoms with E-state index in [9.17, 15) is 14.4 Å². The predicted octanol–water partition coefficient (Wildman–Crippen LogP) is 0.746. The van der Waals surface area contributed by atoms with Crippen molar-refractivity contribution in [2.75, 3.05) is 39.8 Å². The number of rotatable bonds is 19. The van der Waals surface area contributed by atoms with Gasteiger partial charge in [-0.3, -0.25) is 25.0 Å². The molecule has 1 rings (SSSR count). The van der Waals surface area contributed by atoms with Gasteiger partial charge in [0.25, 0.3) is 0 Å². The average Bonchev–Trinajstić information content (AvgIpc) is 2.81. The summed E-state index contributed by atoms with van der Waals surface area (Å²) in [7, 11) is 0. The second-order valence-corrected chi connectivity index (χ2v) is 7.46. The highest BCUT2D eigenvalue weighted by atomic mass is 16.5. The van der Waals surface area contributed by atoms with Gasteiger partial charge in [0.05, 0.1) is 13.5 Å². The first-order chi connectivity index (χ1) is 16.0. The highest BCUT2D eigenvalue weighted by Crippen LogP contribution is 2.11. The average molecular weight is 466 g/mol. The highest BCUT2D eigenvalue weighted by Gasteiger charge is 2.08. The number of benzene rings is 1. The van der Waals surface area contributed by atoms with E-state index in [1.54, 1.807) is 19.1 Å². The largest absolute Gasteiger partial charge is 0.367 e. The molecule has 6 N–H and O–H groups in total. The van der Waals surface area contributed by atoms with Crippen LogP contribution in [0, 0.1) is 0 Å². The number of nitrogens with one attached hydrogen (secondary N) is 4. The van der Waals surface area contributed by atoms with Gasteiger partial charge in [-0.05, 0) is 49.6 Å². The molecule has 0 bridgehead atoms. The van der Waals surface area contributed by atoms with Crippen LogP contribution in [0.5, 0.6) is 0 Å². The summed E-state index contributed by atoms with van der Waals surface area (Å²) in [5.74, 6) is -0.666. The topological polar surface area (TPSA) is 144 Å². The fraction of sp³-hybridized carbons (Fsp3) is 0.609. The molecule has 186 valence electrons. The fourth-order valence-corrected chi connectivity index (χ4v) is 2.89. The summed E-state index contributed by atoms with van der Waals surface area (Å²) in [4.78, 5) is 34.9. The van der Waals surface area contributed by atoms with Crippen LogP contribution in [0.25, 0.3) is 0 Å². The second kappa shape index (κ2) is 18.0. The summed E-state index contributed by atoms with van der Waals surface area (Å²) in [5.41, 5.74) is 7.51. The first kappa shape index (κ1) is 28.5. The minimum Gasteiger partial charge on any atom is -0.367 e. The molecule has 3 amide bonds. The highest BCUT2D eigenvalue weighted by molar-refractivity contribution is 5.93. The molecule has 0 aromatic heterocycles. The van der Waals surface area contributed by atoms with Crippen molar-refractivity contribution in [2.24, 2.45) is 5.73 Å². The molecular formula is C23H39N5O5. The number of primary amides is 1. The maximum Gasteiger partial charge on any atom is 0.248 e. The van der Waals surface area contributed by atoms with Crippen LogP contribution < -0.4 is 27.0 Å². The summed E-state index contributed by atoms with van der Waals surface area (Å²) < 4.78 is 10.7. The van der Waals surface area contributed by atoms with Gasteiger partial charge < -0.3 is 25.8 Å². The molecule has 10 nitrogen and oxygen atoms in total. The van der Waals surface area contributed by atoms with E-state index in [0.717, 1.165) is 24.1 Å². The van der Waals surface area contributed by atoms with E-state index in [2.05, 4.69) is 21.3 Å². The second-order valence-electron chi connectivity index (χ2n) is 7.46. The van der Waals surface area contributed by atoms with Crippen LogP contribution in [0.15, 0.2) is 18.2 Å². The molecule has 0 saturated carbocycles. The lowest BCUT2D eigenvalue weighted by Crippen LogP contribution is -2.27. The van der Waals surface area contributed by atoms with Crippen LogP contribution in [0.2, 0.25) is 0 Å². The first-order valence-corrected chi connectivity index (χ1v) is 11.5. The molecule has 33 heavy (non-hydrogen) atoms. The van der Waals surface area contributed by atoms with E-state index >= 15 is 0 Å². The van der Waals surface area contributed by atoms with E-state index in [0.29, 0.717) is 71.1 Å². The summed E-state index contributed by atoms with van der Waals surface area (Å²) in [6, 6.07) is 5.33. The molecule has 0 aliphatic rings. The minimum absolute atomic E-state index is 0.0280. The zero-order valence-electron chi connectivity index (χ0n) is 19.8. The molecule has 1 aromatic rings. The van der Waals surface area contributed by atoms with Gasteiger partial charge in [-0.2, -0.15) is 0 Å². The quantitative estimate of drug-likeness (QED) is 0.150. The molecule has 1 aromatic carbocycles. The molecule has 0 spiro atoms. The maximum absolute atomic E-state index is 12.0. The Morgan fingerprint density at radius 1 is 0.848 bits per heavy atom. The standard InChI is InChI=1S/C23H39N5O5/c1-3-21(29)27-9-5-7-22(30)28-15-19-11-18(12-20(13-19)23(24)31)14-26-17-33-10-6-8-25-16-32-4-2/h11-13,25-26H,3-10,14-17H2,1-2H3,(H2,24,31)(H,27,29)(H,28,30). The third-order valence-electron chi connectivity index (χ3n) is 4.63. The Morgan fingerprint density at radius 2 is 1.58 bits per heavy atom. The van der Waals surface area contributed by atoms with E-state index in [-0.39, 0.29) is 11.8 Å². The minimum atomic E-state index is -0.521. The Balaban J connectivity index is 2.36. The number of ether oxygens (including phenoxy) is 2. The van der Waals surface area contributed by atoms with E-state index in [1.165, 1.54) is 0 Å². The number of carbonyl (C=O) groups excluding carboxylic acids is 3. The van der Waals surface area contributed by atoms with Crippen LogP contribution in [-0.2, 0) is 32.2 Å². The third kappa shape index (κ3) is 14.3. The van der Waals surface area contributed by atoms with Crippen molar-refractivity contribution in [1.82, 2.24) is 21.3 Å². The molecule has 0 aliphatic heterocycles. The number of hydrogen-bond donors (Lipinski definition) is 5. The number of nitrogens with two attached hydrogens (primary N) is 1. The van der Waals surface area contributed by atoms with Crippen LogP contribution in [0.4, 0.5) is 0 Å². The Hall–Kier alpha value is -2.53. The van der Waals surface area contributed by atoms with Crippen molar-refractivity contribution < 1.29 is 23.9 Å². The van der Waals surface area contributed by atoms with Crippen LogP contribution in [0.3, 0.4) is 0 Å². The van der Waals surface area contributed by atoms with E-state index in [1.807, 2.05) is 13.0 Å². The van der Waals surface area contributed by atoms with Crippen molar-refractivity contribution in [1.29, 1.82) is 0 Å². The van der Waals surface area contributed by atoms with Gasteiger partial charge in [0.15, 0.2) is 0 Å². The van der Waals surface area contributed by atoms with E-state index < -0.39 is 5.91 Å². The zero-order valence-corrected chi connectivity index (χ0v) is 19.8. The Labute approximate surface area is 196 Å². The lowest BCUT2D eigenvalue weighted by atomic mass is 10.0. The number of carbonyl (C=O) groups is 3. The van der Waals surface area contributed by atoms with Gasteiger partial charge >= 0.3 is 0 Å². The van der Waals surface area contributed by atoms with Gasteiger partial charge in [0.2, 0.25) is 17.7 Å². The Bertz CT molecular complexity index is 729. The van der Waals surface area contributed by atoms with Crippen LogP contribution in [-0.4, -0.2) is 57.5 Å². The van der Waals surface area contributed by atoms with Gasteiger partial charge in [-0.1, -0.05) is 13.0 Å². The monoisotopic (exact) mass is 465 g/mol. The lowest BCUT2D eigenvalue weighted by molar-refractivity contribution is -0.122. The van der Waals surface area contributed by atoms with Crippen molar-refractivity contribution in [2.45, 2.75) is 52.6 Å². The SMILES string of the molecule is CCOCNCCCOCNCc1cc(CNC(=O)CCCNC(=O)CC)cc(C(N)=O)c1. The molecule has 0 fully saturated rings. The summed E-state index contributed by atoms with van der Waals surface area (Å²) >= 11 is 0. The fourth-order valence-electron chi connectivity index (χ4n) is 2.89. The molecule has 0 heterocycles. The van der Waals surface area contributed by atoms with Crippen molar-refractivity contribution >= 4 is 17.7 Å². The van der Waals surface area contributed by atoms with Crippen molar-refractivity contribution in [3.8, 4) is 0 Å². The Morgan fingerprint density at radius 3 is 2.27 bits per heavy atom. The molecule has 0 aliphatic carbocycles. The molecule has 10 heteroatoms. The number of amides is 3. The summed E-state index contributed by atoms with van der Waals surface area (Å²) in [6.07, 6.45) is 2.18. The van der Waals surface area contributed by atoms with Gasteiger partial charge in [-0.15, -0.1) is 0 Å². The smallest absolute Gasteiger partial charge is 0.248 e. The predicted molar refractivity (Wildman–Crippen MR) is 126 cm³/mol. The van der Waals surface area contributed by atoms with Gasteiger partial charge in [0, 0.05) is 51.3 Å². The normalized spacial score (nSPS) is 10.7. The maximum atomic E-state index is 12.0. The molecule has 0 unspecified atom stereocenters. The van der Waals surface area contributed by atoms with Gasteiger partial charge in [-0.25, -0.2) is 0 Å². The summed E-state index contributed by atoms with van der Waals surface area (Å²) in [5, 5.41) is 11.9. The van der Waals surface area contributed by atoms with Gasteiger partial charge in [0.1, 0.15) is 0 Å². The molecular weight excluding hydrogens is 426 g/mol. The third-order valence-corrected chi connectivity index (χ3v) is 4.63. The van der Waals surface area contributed by atoms with Crippen LogP contribution >= 0.6 is 0 Å². The van der Waals surface area contributed by atoms with Crippen molar-refractivity contribution in [3.63, 3.8) is 0 Å². The molecule has 0 saturated heterocycles. The molecule has 0 atom stereocenters. The van der Waals surface area contributed by atoms with E-state index in [4.69, 9.17) is 15.2 Å². The Kier molecular flexibility index (Phi) is 15.5. The number of hydrogen-bond acceptors (Lipinski definition) is 7. The summed E-state index contributed by atoms with van der Waals surface area (Å²) in [6.45, 7) is 8.06. The lowest BCUT2D eigenvalue weighted by Gasteiger charge is -2.11. The molecule has 0 radical (unpaired) electrons.